The Kier molecular flexibility index (Phi) is 4.37. The van der Waals surface area contributed by atoms with Crippen LogP contribution in [0.5, 0.6) is 5.75 Å². The van der Waals surface area contributed by atoms with Crippen molar-refractivity contribution in [3.05, 3.63) is 53.9 Å². The van der Waals surface area contributed by atoms with Crippen LogP contribution in [0, 0.1) is 0 Å². The number of hydrogen-bond acceptors (Lipinski definition) is 5. The number of nitrogens with zero attached hydrogens (tertiary/aromatic N) is 2. The van der Waals surface area contributed by atoms with Crippen molar-refractivity contribution >= 4 is 28.3 Å². The molecule has 2 aromatic carbocycles. The molecule has 1 heterocycles. The van der Waals surface area contributed by atoms with E-state index in [0.29, 0.717) is 16.8 Å². The van der Waals surface area contributed by atoms with E-state index in [-0.39, 0.29) is 16.9 Å². The maximum Gasteiger partial charge on any atom is 0.451 e. The van der Waals surface area contributed by atoms with Crippen molar-refractivity contribution < 1.29 is 22.7 Å². The van der Waals surface area contributed by atoms with E-state index in [2.05, 4.69) is 15.3 Å². The number of carbonyl (C=O) groups excluding carboxylic acids is 1. The van der Waals surface area contributed by atoms with E-state index in [4.69, 9.17) is 10.5 Å². The summed E-state index contributed by atoms with van der Waals surface area (Å²) in [6.07, 6.45) is -4.70. The van der Waals surface area contributed by atoms with Crippen molar-refractivity contribution in [1.82, 2.24) is 9.97 Å². The molecule has 0 unspecified atom stereocenters. The standard InChI is InChI=1S/C17H13F3N4O2/c1-26-11-6-7-12-13(8-11)23-16(17(18,19)20)24-15(12)22-10-4-2-9(3-5-10)14(21)25/h2-8H,1H3,(H2,21,25)(H,22,23,24). The predicted molar refractivity (Wildman–Crippen MR) is 89.3 cm³/mol. The van der Waals surface area contributed by atoms with Crippen molar-refractivity contribution in [2.24, 2.45) is 5.73 Å². The number of halogens is 3. The number of hydrogen-bond donors (Lipinski definition) is 2. The third-order valence-corrected chi connectivity index (χ3v) is 3.59. The third-order valence-electron chi connectivity index (χ3n) is 3.59. The molecule has 3 aromatic rings. The Balaban J connectivity index is 2.09. The summed E-state index contributed by atoms with van der Waals surface area (Å²) in [5.74, 6) is -1.51. The van der Waals surface area contributed by atoms with Crippen LogP contribution >= 0.6 is 0 Å². The van der Waals surface area contributed by atoms with Crippen LogP contribution in [0.4, 0.5) is 24.7 Å². The van der Waals surface area contributed by atoms with Gasteiger partial charge in [0, 0.05) is 22.7 Å². The lowest BCUT2D eigenvalue weighted by atomic mass is 10.2. The van der Waals surface area contributed by atoms with Gasteiger partial charge in [0.25, 0.3) is 0 Å². The van der Waals surface area contributed by atoms with E-state index >= 15 is 0 Å². The summed E-state index contributed by atoms with van der Waals surface area (Å²) >= 11 is 0. The molecule has 0 aliphatic rings. The lowest BCUT2D eigenvalue weighted by molar-refractivity contribution is -0.144. The second-order valence-electron chi connectivity index (χ2n) is 5.34. The second-order valence-corrected chi connectivity index (χ2v) is 5.34. The summed E-state index contributed by atoms with van der Waals surface area (Å²) in [5.41, 5.74) is 5.98. The van der Waals surface area contributed by atoms with Gasteiger partial charge in [-0.2, -0.15) is 13.2 Å². The molecular weight excluding hydrogens is 349 g/mol. The first-order valence-electron chi connectivity index (χ1n) is 7.38. The number of anilines is 2. The maximum atomic E-state index is 13.1. The van der Waals surface area contributed by atoms with Crippen LogP contribution in [-0.2, 0) is 6.18 Å². The Bertz CT molecular complexity index is 972. The van der Waals surface area contributed by atoms with Crippen LogP contribution in [0.2, 0.25) is 0 Å². The summed E-state index contributed by atoms with van der Waals surface area (Å²) in [4.78, 5) is 18.3. The Hall–Kier alpha value is -3.36. The predicted octanol–water partition coefficient (Wildman–Crippen LogP) is 3.50. The van der Waals surface area contributed by atoms with Gasteiger partial charge < -0.3 is 15.8 Å². The topological polar surface area (TPSA) is 90.1 Å². The van der Waals surface area contributed by atoms with Gasteiger partial charge in [-0.3, -0.25) is 4.79 Å². The number of primary amides is 1. The van der Waals surface area contributed by atoms with Crippen molar-refractivity contribution in [2.45, 2.75) is 6.18 Å². The first kappa shape index (κ1) is 17.5. The molecular formula is C17H13F3N4O2. The highest BCUT2D eigenvalue weighted by Crippen LogP contribution is 2.32. The molecule has 0 saturated carbocycles. The van der Waals surface area contributed by atoms with Gasteiger partial charge in [-0.1, -0.05) is 0 Å². The molecule has 134 valence electrons. The average molecular weight is 362 g/mol. The Morgan fingerprint density at radius 1 is 1.12 bits per heavy atom. The molecule has 0 aliphatic carbocycles. The number of nitrogens with one attached hydrogen (secondary N) is 1. The molecule has 0 saturated heterocycles. The average Bonchev–Trinajstić information content (AvgIpc) is 2.60. The fourth-order valence-electron chi connectivity index (χ4n) is 2.31. The van der Waals surface area contributed by atoms with E-state index in [1.165, 1.54) is 37.4 Å². The van der Waals surface area contributed by atoms with E-state index in [9.17, 15) is 18.0 Å². The number of fused-ring (bicyclic) bond motifs is 1. The van der Waals surface area contributed by atoms with Crippen LogP contribution in [0.1, 0.15) is 16.2 Å². The van der Waals surface area contributed by atoms with E-state index in [1.807, 2.05) is 0 Å². The SMILES string of the molecule is COc1ccc2c(Nc3ccc(C(N)=O)cc3)nc(C(F)(F)F)nc2c1. The van der Waals surface area contributed by atoms with Crippen molar-refractivity contribution in [3.63, 3.8) is 0 Å². The van der Waals surface area contributed by atoms with E-state index in [0.717, 1.165) is 0 Å². The fraction of sp³-hybridized carbons (Fsp3) is 0.118. The number of carbonyl (C=O) groups is 1. The van der Waals surface area contributed by atoms with Gasteiger partial charge in [0.2, 0.25) is 11.7 Å². The van der Waals surface area contributed by atoms with Crippen LogP contribution < -0.4 is 15.8 Å². The summed E-state index contributed by atoms with van der Waals surface area (Å²) in [5, 5.41) is 3.21. The third kappa shape index (κ3) is 3.51. The molecule has 0 spiro atoms. The number of benzene rings is 2. The molecule has 26 heavy (non-hydrogen) atoms. The Labute approximate surface area is 145 Å². The molecule has 1 amide bonds. The largest absolute Gasteiger partial charge is 0.497 e. The smallest absolute Gasteiger partial charge is 0.451 e. The number of amides is 1. The first-order chi connectivity index (χ1) is 12.3. The van der Waals surface area contributed by atoms with Gasteiger partial charge >= 0.3 is 6.18 Å². The van der Waals surface area contributed by atoms with Crippen molar-refractivity contribution in [2.75, 3.05) is 12.4 Å². The van der Waals surface area contributed by atoms with Crippen LogP contribution in [-0.4, -0.2) is 23.0 Å². The summed E-state index contributed by atoms with van der Waals surface area (Å²) in [6, 6.07) is 10.5. The zero-order valence-electron chi connectivity index (χ0n) is 13.5. The van der Waals surface area contributed by atoms with Gasteiger partial charge in [-0.05, 0) is 36.4 Å². The summed E-state index contributed by atoms with van der Waals surface area (Å²) in [6.45, 7) is 0. The Morgan fingerprint density at radius 3 is 2.38 bits per heavy atom. The zero-order valence-corrected chi connectivity index (χ0v) is 13.5. The number of ether oxygens (including phenoxy) is 1. The van der Waals surface area contributed by atoms with Gasteiger partial charge in [-0.25, -0.2) is 9.97 Å². The Morgan fingerprint density at radius 2 is 1.81 bits per heavy atom. The van der Waals surface area contributed by atoms with Crippen molar-refractivity contribution in [3.8, 4) is 5.75 Å². The van der Waals surface area contributed by atoms with Gasteiger partial charge in [0.05, 0.1) is 12.6 Å². The lowest BCUT2D eigenvalue weighted by Crippen LogP contribution is -2.13. The lowest BCUT2D eigenvalue weighted by Gasteiger charge is -2.13. The van der Waals surface area contributed by atoms with E-state index < -0.39 is 17.9 Å². The van der Waals surface area contributed by atoms with Crippen molar-refractivity contribution in [1.29, 1.82) is 0 Å². The monoisotopic (exact) mass is 362 g/mol. The highest BCUT2D eigenvalue weighted by Gasteiger charge is 2.35. The van der Waals surface area contributed by atoms with Gasteiger partial charge in [0.1, 0.15) is 11.6 Å². The minimum Gasteiger partial charge on any atom is -0.497 e. The van der Waals surface area contributed by atoms with Crippen LogP contribution in [0.25, 0.3) is 10.9 Å². The maximum absolute atomic E-state index is 13.1. The molecule has 9 heteroatoms. The second kappa shape index (κ2) is 6.51. The quantitative estimate of drug-likeness (QED) is 0.741. The first-order valence-corrected chi connectivity index (χ1v) is 7.38. The highest BCUT2D eigenvalue weighted by molar-refractivity contribution is 5.94. The molecule has 0 atom stereocenters. The number of rotatable bonds is 4. The molecule has 0 radical (unpaired) electrons. The number of methoxy groups -OCH3 is 1. The minimum atomic E-state index is -4.70. The molecule has 0 aliphatic heterocycles. The fourth-order valence-corrected chi connectivity index (χ4v) is 2.31. The molecule has 0 fully saturated rings. The normalized spacial score (nSPS) is 11.4. The molecule has 0 bridgehead atoms. The van der Waals surface area contributed by atoms with Crippen LogP contribution in [0.15, 0.2) is 42.5 Å². The minimum absolute atomic E-state index is 0.0168. The molecule has 3 N–H and O–H groups in total. The summed E-state index contributed by atoms with van der Waals surface area (Å²) < 4.78 is 44.4. The molecule has 1 aromatic heterocycles. The van der Waals surface area contributed by atoms with Crippen LogP contribution in [0.3, 0.4) is 0 Å². The number of nitrogens with two attached hydrogens (primary N) is 1. The van der Waals surface area contributed by atoms with Gasteiger partial charge in [-0.15, -0.1) is 0 Å². The van der Waals surface area contributed by atoms with Gasteiger partial charge in [0.15, 0.2) is 0 Å². The zero-order chi connectivity index (χ0) is 18.9. The summed E-state index contributed by atoms with van der Waals surface area (Å²) in [7, 11) is 1.41. The molecule has 6 nitrogen and oxygen atoms in total. The van der Waals surface area contributed by atoms with E-state index in [1.54, 1.807) is 12.1 Å². The molecule has 3 rings (SSSR count). The number of alkyl halides is 3. The highest BCUT2D eigenvalue weighted by atomic mass is 19.4. The number of aromatic nitrogens is 2.